The third kappa shape index (κ3) is 15.4. The summed E-state index contributed by atoms with van der Waals surface area (Å²) < 4.78 is 0. The number of rotatable bonds is 15. The molecule has 2 heteroatoms. The Morgan fingerprint density at radius 1 is 0.714 bits per heavy atom. The van der Waals surface area contributed by atoms with E-state index in [4.69, 9.17) is 11.6 Å². The van der Waals surface area contributed by atoms with Crippen LogP contribution in [-0.2, 0) is 0 Å². The molecule has 0 aliphatic carbocycles. The summed E-state index contributed by atoms with van der Waals surface area (Å²) in [6.45, 7) is 6.89. The van der Waals surface area contributed by atoms with Crippen molar-refractivity contribution in [1.82, 2.24) is 0 Å². The zero-order chi connectivity index (χ0) is 15.9. The average molecular weight is 382 g/mol. The molecule has 0 aliphatic rings. The van der Waals surface area contributed by atoms with Crippen molar-refractivity contribution in [1.29, 1.82) is 0 Å². The summed E-state index contributed by atoms with van der Waals surface area (Å²) in [5, 5.41) is 0.323. The van der Waals surface area contributed by atoms with Gasteiger partial charge >= 0.3 is 0 Å². The first-order valence-corrected chi connectivity index (χ1v) is 10.7. The topological polar surface area (TPSA) is 0 Å². The molecule has 0 bridgehead atoms. The molecule has 0 rings (SSSR count). The van der Waals surface area contributed by atoms with Gasteiger partial charge in [-0.2, -0.15) is 0 Å². The van der Waals surface area contributed by atoms with E-state index in [0.29, 0.717) is 10.2 Å². The van der Waals surface area contributed by atoms with Gasteiger partial charge in [-0.15, -0.1) is 11.6 Å². The third-order valence-corrected chi connectivity index (χ3v) is 6.16. The second-order valence-electron chi connectivity index (χ2n) is 6.97. The Morgan fingerprint density at radius 3 is 1.76 bits per heavy atom. The molecule has 0 aromatic rings. The van der Waals surface area contributed by atoms with Gasteiger partial charge in [-0.25, -0.2) is 0 Å². The molecule has 0 saturated heterocycles. The van der Waals surface area contributed by atoms with Crippen molar-refractivity contribution in [2.24, 2.45) is 5.92 Å². The second-order valence-corrected chi connectivity index (χ2v) is 8.71. The number of alkyl halides is 2. The lowest BCUT2D eigenvalue weighted by atomic mass is 10.0. The Balaban J connectivity index is 3.36. The summed E-state index contributed by atoms with van der Waals surface area (Å²) in [5.41, 5.74) is 0. The van der Waals surface area contributed by atoms with Gasteiger partial charge < -0.3 is 0 Å². The van der Waals surface area contributed by atoms with Crippen molar-refractivity contribution in [3.8, 4) is 0 Å². The summed E-state index contributed by atoms with van der Waals surface area (Å²) in [7, 11) is 0. The van der Waals surface area contributed by atoms with Crippen molar-refractivity contribution in [3.63, 3.8) is 0 Å². The number of hydrogen-bond acceptors (Lipinski definition) is 0. The first-order chi connectivity index (χ1) is 10.1. The van der Waals surface area contributed by atoms with E-state index in [-0.39, 0.29) is 0 Å². The molecule has 0 nitrogen and oxygen atoms in total. The minimum absolute atomic E-state index is 0.323. The van der Waals surface area contributed by atoms with E-state index in [1.54, 1.807) is 0 Å². The van der Waals surface area contributed by atoms with Crippen molar-refractivity contribution in [2.45, 2.75) is 114 Å². The summed E-state index contributed by atoms with van der Waals surface area (Å²) in [5.74, 6) is 0.836. The molecular formula is C19H38BrCl. The second kappa shape index (κ2) is 15.7. The minimum atomic E-state index is 0.323. The Morgan fingerprint density at radius 2 is 1.19 bits per heavy atom. The molecular weight excluding hydrogens is 344 g/mol. The van der Waals surface area contributed by atoms with Crippen LogP contribution in [0.1, 0.15) is 104 Å². The predicted octanol–water partition coefficient (Wildman–Crippen LogP) is 8.10. The van der Waals surface area contributed by atoms with Crippen LogP contribution in [0.15, 0.2) is 0 Å². The monoisotopic (exact) mass is 380 g/mol. The lowest BCUT2D eigenvalue weighted by Crippen LogP contribution is -2.14. The van der Waals surface area contributed by atoms with Crippen LogP contribution in [0.4, 0.5) is 0 Å². The molecule has 0 spiro atoms. The van der Waals surface area contributed by atoms with E-state index in [9.17, 15) is 0 Å². The molecule has 0 aromatic carbocycles. The van der Waals surface area contributed by atoms with Crippen LogP contribution < -0.4 is 0 Å². The summed E-state index contributed by atoms with van der Waals surface area (Å²) in [6, 6.07) is 0. The van der Waals surface area contributed by atoms with Crippen molar-refractivity contribution >= 4 is 27.5 Å². The first kappa shape index (κ1) is 21.8. The average Bonchev–Trinajstić information content (AvgIpc) is 2.45. The Hall–Kier alpha value is 0.770. The molecule has 0 aliphatic heterocycles. The molecule has 128 valence electrons. The number of unbranched alkanes of at least 4 members (excludes halogenated alkanes) is 8. The van der Waals surface area contributed by atoms with E-state index >= 15 is 0 Å². The maximum atomic E-state index is 6.51. The highest BCUT2D eigenvalue weighted by Gasteiger charge is 2.15. The lowest BCUT2D eigenvalue weighted by molar-refractivity contribution is 0.511. The van der Waals surface area contributed by atoms with Gasteiger partial charge in [-0.05, 0) is 18.8 Å². The minimum Gasteiger partial charge on any atom is -0.122 e. The summed E-state index contributed by atoms with van der Waals surface area (Å²) in [4.78, 5) is 0.510. The molecule has 0 aromatic heterocycles. The van der Waals surface area contributed by atoms with Gasteiger partial charge in [0.2, 0.25) is 0 Å². The van der Waals surface area contributed by atoms with Crippen molar-refractivity contribution in [3.05, 3.63) is 0 Å². The van der Waals surface area contributed by atoms with E-state index in [0.717, 1.165) is 5.92 Å². The van der Waals surface area contributed by atoms with E-state index in [2.05, 4.69) is 36.7 Å². The standard InChI is InChI=1S/C19H38BrCl/c1-4-5-6-7-8-9-10-11-16-19(21)18(20)15-13-12-14-17(2)3/h17-19H,4-16H2,1-3H3. The van der Waals surface area contributed by atoms with Crippen LogP contribution in [0.3, 0.4) is 0 Å². The highest BCUT2D eigenvalue weighted by Crippen LogP contribution is 2.24. The van der Waals surface area contributed by atoms with Crippen molar-refractivity contribution < 1.29 is 0 Å². The molecule has 0 N–H and O–H groups in total. The van der Waals surface area contributed by atoms with Crippen LogP contribution in [0, 0.1) is 5.92 Å². The zero-order valence-corrected chi connectivity index (χ0v) is 17.0. The first-order valence-electron chi connectivity index (χ1n) is 9.36. The predicted molar refractivity (Wildman–Crippen MR) is 103 cm³/mol. The number of halogens is 2. The van der Waals surface area contributed by atoms with Gasteiger partial charge in [0.05, 0.1) is 0 Å². The molecule has 21 heavy (non-hydrogen) atoms. The largest absolute Gasteiger partial charge is 0.122 e. The lowest BCUT2D eigenvalue weighted by Gasteiger charge is -2.16. The van der Waals surface area contributed by atoms with Crippen molar-refractivity contribution in [2.75, 3.05) is 0 Å². The molecule has 2 unspecified atom stereocenters. The van der Waals surface area contributed by atoms with Gasteiger partial charge in [-0.3, -0.25) is 0 Å². The van der Waals surface area contributed by atoms with E-state index in [1.807, 2.05) is 0 Å². The van der Waals surface area contributed by atoms with Gasteiger partial charge in [-0.1, -0.05) is 107 Å². The molecule has 0 radical (unpaired) electrons. The highest BCUT2D eigenvalue weighted by atomic mass is 79.9. The maximum Gasteiger partial charge on any atom is 0.0461 e. The fourth-order valence-electron chi connectivity index (χ4n) is 2.73. The molecule has 0 saturated carbocycles. The fraction of sp³-hybridized carbons (Fsp3) is 1.00. The van der Waals surface area contributed by atoms with Gasteiger partial charge in [0.1, 0.15) is 0 Å². The van der Waals surface area contributed by atoms with Crippen LogP contribution >= 0.6 is 27.5 Å². The fourth-order valence-corrected chi connectivity index (χ4v) is 3.60. The summed E-state index contributed by atoms with van der Waals surface area (Å²) in [6.07, 6.45) is 17.5. The van der Waals surface area contributed by atoms with Crippen LogP contribution in [0.2, 0.25) is 0 Å². The van der Waals surface area contributed by atoms with Crippen LogP contribution in [-0.4, -0.2) is 10.2 Å². The Labute approximate surface area is 147 Å². The normalized spacial score (nSPS) is 14.6. The SMILES string of the molecule is CCCCCCCCCCC(Cl)C(Br)CCCCC(C)C. The molecule has 2 atom stereocenters. The third-order valence-electron chi connectivity index (χ3n) is 4.24. The van der Waals surface area contributed by atoms with Gasteiger partial charge in [0.25, 0.3) is 0 Å². The molecule has 0 fully saturated rings. The van der Waals surface area contributed by atoms with Crippen LogP contribution in [0.25, 0.3) is 0 Å². The molecule has 0 amide bonds. The summed E-state index contributed by atoms with van der Waals surface area (Å²) >= 11 is 10.3. The van der Waals surface area contributed by atoms with E-state index < -0.39 is 0 Å². The Bertz CT molecular complexity index is 206. The maximum absolute atomic E-state index is 6.51. The smallest absolute Gasteiger partial charge is 0.0461 e. The highest BCUT2D eigenvalue weighted by molar-refractivity contribution is 9.09. The van der Waals surface area contributed by atoms with E-state index in [1.165, 1.54) is 83.5 Å². The quantitative estimate of drug-likeness (QED) is 0.198. The zero-order valence-electron chi connectivity index (χ0n) is 14.7. The van der Waals surface area contributed by atoms with Gasteiger partial charge in [0.15, 0.2) is 0 Å². The van der Waals surface area contributed by atoms with Gasteiger partial charge in [0, 0.05) is 10.2 Å². The number of hydrogen-bond donors (Lipinski definition) is 0. The van der Waals surface area contributed by atoms with Crippen LogP contribution in [0.5, 0.6) is 0 Å². The Kier molecular flexibility index (Phi) is 16.2. The molecule has 0 heterocycles.